The van der Waals surface area contributed by atoms with E-state index in [4.69, 9.17) is 4.42 Å². The van der Waals surface area contributed by atoms with E-state index >= 15 is 0 Å². The zero-order chi connectivity index (χ0) is 34.1. The number of anilines is 3. The lowest BCUT2D eigenvalue weighted by molar-refractivity contribution is 0.660. The second-order valence-electron chi connectivity index (χ2n) is 14.1. The average Bonchev–Trinajstić information content (AvgIpc) is 3.68. The number of benzene rings is 8. The van der Waals surface area contributed by atoms with E-state index in [1.54, 1.807) is 0 Å². The lowest BCUT2D eigenvalue weighted by Crippen LogP contribution is -2.17. The minimum atomic E-state index is -0.134. The van der Waals surface area contributed by atoms with Crippen molar-refractivity contribution in [1.29, 1.82) is 0 Å². The summed E-state index contributed by atoms with van der Waals surface area (Å²) in [5.74, 6) is 0. The van der Waals surface area contributed by atoms with Crippen LogP contribution in [0.15, 0.2) is 180 Å². The molecule has 10 rings (SSSR count). The van der Waals surface area contributed by atoms with E-state index in [1.807, 2.05) is 0 Å². The fourth-order valence-corrected chi connectivity index (χ4v) is 8.45. The highest BCUT2D eigenvalue weighted by molar-refractivity contribution is 6.23. The molecule has 0 radical (unpaired) electrons. The van der Waals surface area contributed by atoms with Crippen LogP contribution in [0.2, 0.25) is 0 Å². The first-order chi connectivity index (χ1) is 25.1. The van der Waals surface area contributed by atoms with Crippen LogP contribution in [-0.2, 0) is 5.41 Å². The Morgan fingerprint density at radius 2 is 1.02 bits per heavy atom. The molecule has 0 saturated heterocycles. The van der Waals surface area contributed by atoms with Crippen LogP contribution in [0.4, 0.5) is 17.1 Å². The van der Waals surface area contributed by atoms with Crippen LogP contribution < -0.4 is 4.90 Å². The van der Waals surface area contributed by atoms with Crippen molar-refractivity contribution in [2.45, 2.75) is 19.3 Å². The molecule has 0 N–H and O–H groups in total. The van der Waals surface area contributed by atoms with Gasteiger partial charge in [-0.15, -0.1) is 0 Å². The Balaban J connectivity index is 1.27. The number of fused-ring (bicyclic) bond motifs is 8. The lowest BCUT2D eigenvalue weighted by Gasteiger charge is -2.29. The molecule has 0 spiro atoms. The molecule has 2 nitrogen and oxygen atoms in total. The highest BCUT2D eigenvalue weighted by Crippen LogP contribution is 2.52. The van der Waals surface area contributed by atoms with Crippen LogP contribution in [-0.4, -0.2) is 0 Å². The summed E-state index contributed by atoms with van der Waals surface area (Å²) in [7, 11) is 0. The third-order valence-electron chi connectivity index (χ3n) is 10.9. The van der Waals surface area contributed by atoms with Crippen molar-refractivity contribution in [1.82, 2.24) is 0 Å². The van der Waals surface area contributed by atoms with E-state index < -0.39 is 0 Å². The van der Waals surface area contributed by atoms with Gasteiger partial charge in [-0.3, -0.25) is 0 Å². The van der Waals surface area contributed by atoms with Gasteiger partial charge in [0.05, 0.1) is 11.4 Å². The molecule has 0 bridgehead atoms. The predicted molar refractivity (Wildman–Crippen MR) is 214 cm³/mol. The molecule has 1 aromatic heterocycles. The van der Waals surface area contributed by atoms with Gasteiger partial charge in [-0.2, -0.15) is 0 Å². The Bertz CT molecular complexity index is 2770. The zero-order valence-electron chi connectivity index (χ0n) is 28.6. The molecule has 1 heterocycles. The minimum Gasteiger partial charge on any atom is -0.454 e. The van der Waals surface area contributed by atoms with Crippen molar-refractivity contribution < 1.29 is 4.42 Å². The van der Waals surface area contributed by atoms with Crippen molar-refractivity contribution in [2.75, 3.05) is 4.90 Å². The number of furan rings is 1. The molecule has 2 heteroatoms. The molecule has 0 fully saturated rings. The maximum absolute atomic E-state index is 7.07. The smallest absolute Gasteiger partial charge is 0.159 e. The minimum absolute atomic E-state index is 0.134. The summed E-state index contributed by atoms with van der Waals surface area (Å²) in [6.45, 7) is 4.69. The molecule has 1 aliphatic carbocycles. The first-order valence-electron chi connectivity index (χ1n) is 17.7. The summed E-state index contributed by atoms with van der Waals surface area (Å²) >= 11 is 0. The van der Waals surface area contributed by atoms with Gasteiger partial charge in [0.2, 0.25) is 0 Å². The number of rotatable bonds is 5. The number of para-hydroxylation sites is 2. The molecule has 9 aromatic rings. The SMILES string of the molecule is CC1(C)c2ccccc2-c2ccc(N(c3ccccc3-c3ccccc3)c3cccc4c3oc3cc(-c5ccccc5)c5ccccc5c34)cc21. The predicted octanol–water partition coefficient (Wildman–Crippen LogP) is 13.8. The molecule has 0 saturated carbocycles. The fraction of sp³-hybridized carbons (Fsp3) is 0.0612. The van der Waals surface area contributed by atoms with Crippen molar-refractivity contribution in [3.8, 4) is 33.4 Å². The van der Waals surface area contributed by atoms with Crippen LogP contribution in [0.25, 0.3) is 66.1 Å². The van der Waals surface area contributed by atoms with Gasteiger partial charge in [0.15, 0.2) is 5.58 Å². The largest absolute Gasteiger partial charge is 0.454 e. The summed E-state index contributed by atoms with van der Waals surface area (Å²) in [6, 6.07) is 63.4. The van der Waals surface area contributed by atoms with Gasteiger partial charge in [-0.1, -0.05) is 159 Å². The maximum Gasteiger partial charge on any atom is 0.159 e. The van der Waals surface area contributed by atoms with Gasteiger partial charge < -0.3 is 9.32 Å². The first kappa shape index (κ1) is 29.5. The van der Waals surface area contributed by atoms with Crippen molar-refractivity contribution in [3.63, 3.8) is 0 Å². The van der Waals surface area contributed by atoms with E-state index in [9.17, 15) is 0 Å². The Kier molecular flexibility index (Phi) is 6.56. The van der Waals surface area contributed by atoms with Gasteiger partial charge in [-0.25, -0.2) is 0 Å². The molecule has 0 amide bonds. The van der Waals surface area contributed by atoms with Gasteiger partial charge in [0, 0.05) is 27.4 Å². The van der Waals surface area contributed by atoms with Crippen LogP contribution in [0.3, 0.4) is 0 Å². The van der Waals surface area contributed by atoms with Crippen LogP contribution in [0.5, 0.6) is 0 Å². The van der Waals surface area contributed by atoms with Crippen molar-refractivity contribution >= 4 is 49.8 Å². The average molecular weight is 654 g/mol. The standard InChI is InChI=1S/C49H35NO/c1-49(2)42-25-13-11-22-37(42)38-29-28-34(30-43(38)49)50(44-26-14-12-20-35(44)32-16-5-3-6-17-32)45-27-15-24-40-47-39-23-10-9-21-36(39)41(31-46(47)51-48(40)45)33-18-7-4-8-19-33/h3-31H,1-2H3. The second-order valence-corrected chi connectivity index (χ2v) is 14.1. The highest BCUT2D eigenvalue weighted by Gasteiger charge is 2.36. The summed E-state index contributed by atoms with van der Waals surface area (Å²) in [5.41, 5.74) is 14.8. The molecular formula is C49H35NO. The molecule has 0 aliphatic heterocycles. The molecular weight excluding hydrogens is 619 g/mol. The fourth-order valence-electron chi connectivity index (χ4n) is 8.45. The van der Waals surface area contributed by atoms with Crippen molar-refractivity contribution in [2.24, 2.45) is 0 Å². The van der Waals surface area contributed by atoms with Crippen LogP contribution in [0, 0.1) is 0 Å². The van der Waals surface area contributed by atoms with E-state index in [-0.39, 0.29) is 5.41 Å². The molecule has 1 aliphatic rings. The highest BCUT2D eigenvalue weighted by atomic mass is 16.3. The summed E-state index contributed by atoms with van der Waals surface area (Å²) < 4.78 is 7.07. The summed E-state index contributed by atoms with van der Waals surface area (Å²) in [6.07, 6.45) is 0. The number of hydrogen-bond donors (Lipinski definition) is 0. The Morgan fingerprint density at radius 3 is 1.80 bits per heavy atom. The lowest BCUT2D eigenvalue weighted by atomic mass is 9.82. The first-order valence-corrected chi connectivity index (χ1v) is 17.7. The second kappa shape index (κ2) is 11.3. The van der Waals surface area contributed by atoms with Crippen LogP contribution in [0.1, 0.15) is 25.0 Å². The van der Waals surface area contributed by atoms with E-state index in [0.717, 1.165) is 44.6 Å². The third-order valence-corrected chi connectivity index (χ3v) is 10.9. The summed E-state index contributed by atoms with van der Waals surface area (Å²) in [5, 5.41) is 4.66. The van der Waals surface area contributed by atoms with Gasteiger partial charge in [-0.05, 0) is 80.0 Å². The summed E-state index contributed by atoms with van der Waals surface area (Å²) in [4.78, 5) is 2.41. The molecule has 242 valence electrons. The van der Waals surface area contributed by atoms with Crippen molar-refractivity contribution in [3.05, 3.63) is 187 Å². The molecule has 51 heavy (non-hydrogen) atoms. The Hall–Kier alpha value is -6.38. The topological polar surface area (TPSA) is 16.4 Å². The molecule has 0 unspecified atom stereocenters. The zero-order valence-corrected chi connectivity index (χ0v) is 28.6. The van der Waals surface area contributed by atoms with Gasteiger partial charge in [0.1, 0.15) is 5.58 Å². The molecule has 0 atom stereocenters. The normalized spacial score (nSPS) is 13.1. The van der Waals surface area contributed by atoms with E-state index in [1.165, 1.54) is 49.7 Å². The quantitative estimate of drug-likeness (QED) is 0.184. The Morgan fingerprint density at radius 1 is 0.431 bits per heavy atom. The van der Waals surface area contributed by atoms with Gasteiger partial charge >= 0.3 is 0 Å². The number of hydrogen-bond acceptors (Lipinski definition) is 2. The maximum atomic E-state index is 7.07. The van der Waals surface area contributed by atoms with E-state index in [2.05, 4.69) is 195 Å². The number of nitrogens with zero attached hydrogens (tertiary/aromatic N) is 1. The van der Waals surface area contributed by atoms with Crippen LogP contribution >= 0.6 is 0 Å². The third kappa shape index (κ3) is 4.50. The van der Waals surface area contributed by atoms with Gasteiger partial charge in [0.25, 0.3) is 0 Å². The molecule has 8 aromatic carbocycles. The monoisotopic (exact) mass is 653 g/mol. The Labute approximate surface area is 297 Å². The van der Waals surface area contributed by atoms with E-state index in [0.29, 0.717) is 0 Å².